The molecule has 3 rings (SSSR count). The van der Waals surface area contributed by atoms with E-state index in [9.17, 15) is 14.4 Å². The van der Waals surface area contributed by atoms with Crippen molar-refractivity contribution >= 4 is 29.5 Å². The van der Waals surface area contributed by atoms with Crippen LogP contribution in [0, 0.1) is 23.7 Å². The molecule has 5 atom stereocenters. The average molecular weight is 336 g/mol. The highest BCUT2D eigenvalue weighted by atomic mass is 32.2. The monoisotopic (exact) mass is 336 g/mol. The van der Waals surface area contributed by atoms with Crippen molar-refractivity contribution in [2.75, 3.05) is 25.6 Å². The van der Waals surface area contributed by atoms with Crippen LogP contribution in [-0.2, 0) is 14.4 Å². The number of nitrogens with zero attached hydrogens (tertiary/aromatic N) is 2. The summed E-state index contributed by atoms with van der Waals surface area (Å²) in [6.45, 7) is 1.89. The Hall–Kier alpha value is -1.30. The summed E-state index contributed by atoms with van der Waals surface area (Å²) in [6.07, 6.45) is 8.00. The summed E-state index contributed by atoms with van der Waals surface area (Å²) in [7, 11) is 1.75. The van der Waals surface area contributed by atoms with Gasteiger partial charge in [-0.3, -0.25) is 19.3 Å². The van der Waals surface area contributed by atoms with E-state index in [0.29, 0.717) is 0 Å². The Morgan fingerprint density at radius 2 is 1.87 bits per heavy atom. The van der Waals surface area contributed by atoms with Crippen molar-refractivity contribution in [3.8, 4) is 0 Å². The number of hydrogen-bond acceptors (Lipinski definition) is 4. The molecule has 6 heteroatoms. The summed E-state index contributed by atoms with van der Waals surface area (Å²) >= 11 is 1.75. The molecule has 0 spiro atoms. The molecule has 126 valence electrons. The first-order chi connectivity index (χ1) is 11.0. The van der Waals surface area contributed by atoms with Crippen molar-refractivity contribution in [1.29, 1.82) is 0 Å². The number of hydrogen-bond donors (Lipinski definition) is 0. The standard InChI is InChI=1S/C17H24N2O3S/c1-10(6-7-23-3)18(2)13(20)9-19-16(21)14-11-4-5-12(8-11)15(14)17(19)22/h4-5,10-12,14-15H,6-9H2,1-3H3/t10-,11+,12+,14-,15+/m1/s1. The zero-order valence-electron chi connectivity index (χ0n) is 13.9. The molecule has 0 radical (unpaired) electrons. The molecular weight excluding hydrogens is 312 g/mol. The number of amides is 3. The predicted octanol–water partition coefficient (Wildman–Crippen LogP) is 1.39. The number of likely N-dealkylation sites (N-methyl/N-ethyl adjacent to an activating group) is 1. The van der Waals surface area contributed by atoms with E-state index in [1.165, 1.54) is 4.90 Å². The van der Waals surface area contributed by atoms with Gasteiger partial charge in [0.15, 0.2) is 0 Å². The van der Waals surface area contributed by atoms with Crippen LogP contribution in [0.5, 0.6) is 0 Å². The lowest BCUT2D eigenvalue weighted by Crippen LogP contribution is -2.45. The molecule has 3 amide bonds. The number of fused-ring (bicyclic) bond motifs is 5. The maximum absolute atomic E-state index is 12.6. The molecule has 0 N–H and O–H groups in total. The minimum Gasteiger partial charge on any atom is -0.341 e. The van der Waals surface area contributed by atoms with Gasteiger partial charge in [-0.05, 0) is 43.6 Å². The van der Waals surface area contributed by atoms with E-state index in [1.807, 2.05) is 13.2 Å². The predicted molar refractivity (Wildman–Crippen MR) is 89.7 cm³/mol. The van der Waals surface area contributed by atoms with Crippen LogP contribution < -0.4 is 0 Å². The minimum absolute atomic E-state index is 0.107. The van der Waals surface area contributed by atoms with Gasteiger partial charge in [-0.2, -0.15) is 11.8 Å². The third-order valence-corrected chi connectivity index (χ3v) is 6.29. The van der Waals surface area contributed by atoms with Crippen LogP contribution in [0.1, 0.15) is 19.8 Å². The summed E-state index contributed by atoms with van der Waals surface area (Å²) in [4.78, 5) is 40.5. The SMILES string of the molecule is CSCC[C@@H](C)N(C)C(=O)CN1C(=O)[C@@H]2[C@H](C1=O)[C@H]1C=C[C@H]2C1. The fraction of sp³-hybridized carbons (Fsp3) is 0.706. The van der Waals surface area contributed by atoms with Crippen LogP contribution >= 0.6 is 11.8 Å². The fourth-order valence-electron chi connectivity index (χ4n) is 4.09. The van der Waals surface area contributed by atoms with E-state index in [1.54, 1.807) is 23.7 Å². The summed E-state index contributed by atoms with van der Waals surface area (Å²) < 4.78 is 0. The molecular formula is C17H24N2O3S. The van der Waals surface area contributed by atoms with E-state index in [4.69, 9.17) is 0 Å². The van der Waals surface area contributed by atoms with Crippen molar-refractivity contribution in [3.63, 3.8) is 0 Å². The van der Waals surface area contributed by atoms with Crippen molar-refractivity contribution in [2.24, 2.45) is 23.7 Å². The topological polar surface area (TPSA) is 57.7 Å². The van der Waals surface area contributed by atoms with E-state index >= 15 is 0 Å². The Morgan fingerprint density at radius 1 is 1.30 bits per heavy atom. The van der Waals surface area contributed by atoms with Crippen molar-refractivity contribution < 1.29 is 14.4 Å². The average Bonchev–Trinajstić information content (AvgIpc) is 3.21. The minimum atomic E-state index is -0.218. The van der Waals surface area contributed by atoms with Crippen molar-refractivity contribution in [3.05, 3.63) is 12.2 Å². The highest BCUT2D eigenvalue weighted by molar-refractivity contribution is 7.98. The maximum Gasteiger partial charge on any atom is 0.242 e. The van der Waals surface area contributed by atoms with Crippen LogP contribution in [0.2, 0.25) is 0 Å². The number of likely N-dealkylation sites (tertiary alicyclic amines) is 1. The molecule has 2 fully saturated rings. The van der Waals surface area contributed by atoms with Gasteiger partial charge < -0.3 is 4.90 Å². The lowest BCUT2D eigenvalue weighted by atomic mass is 9.85. The molecule has 1 saturated heterocycles. The van der Waals surface area contributed by atoms with Gasteiger partial charge in [0.2, 0.25) is 17.7 Å². The summed E-state index contributed by atoms with van der Waals surface area (Å²) in [5.41, 5.74) is 0. The summed E-state index contributed by atoms with van der Waals surface area (Å²) in [6, 6.07) is 0.111. The van der Waals surface area contributed by atoms with Gasteiger partial charge in [0, 0.05) is 13.1 Å². The second-order valence-corrected chi connectivity index (χ2v) is 7.88. The molecule has 0 aromatic rings. The first-order valence-electron chi connectivity index (χ1n) is 8.23. The normalized spacial score (nSPS) is 32.6. The first kappa shape index (κ1) is 16.6. The van der Waals surface area contributed by atoms with Gasteiger partial charge in [-0.15, -0.1) is 0 Å². The van der Waals surface area contributed by atoms with E-state index < -0.39 is 0 Å². The van der Waals surface area contributed by atoms with Crippen LogP contribution in [0.25, 0.3) is 0 Å². The van der Waals surface area contributed by atoms with Crippen LogP contribution in [0.4, 0.5) is 0 Å². The van der Waals surface area contributed by atoms with Crippen molar-refractivity contribution in [2.45, 2.75) is 25.8 Å². The number of thioether (sulfide) groups is 1. The molecule has 0 aromatic heterocycles. The largest absolute Gasteiger partial charge is 0.341 e. The van der Waals surface area contributed by atoms with Gasteiger partial charge in [-0.1, -0.05) is 12.2 Å². The first-order valence-corrected chi connectivity index (χ1v) is 9.63. The smallest absolute Gasteiger partial charge is 0.242 e. The quantitative estimate of drug-likeness (QED) is 0.543. The van der Waals surface area contributed by atoms with Crippen LogP contribution in [0.3, 0.4) is 0 Å². The lowest BCUT2D eigenvalue weighted by molar-refractivity contribution is -0.147. The number of imide groups is 1. The van der Waals surface area contributed by atoms with E-state index in [2.05, 4.69) is 12.2 Å². The Bertz CT molecular complexity index is 532. The number of rotatable bonds is 6. The van der Waals surface area contributed by atoms with E-state index in [0.717, 1.165) is 18.6 Å². The Morgan fingerprint density at radius 3 is 2.39 bits per heavy atom. The second-order valence-electron chi connectivity index (χ2n) is 6.90. The molecule has 0 unspecified atom stereocenters. The molecule has 1 heterocycles. The third kappa shape index (κ3) is 2.71. The Labute approximate surface area is 141 Å². The zero-order valence-corrected chi connectivity index (χ0v) is 14.7. The lowest BCUT2D eigenvalue weighted by Gasteiger charge is -2.27. The summed E-state index contributed by atoms with van der Waals surface area (Å²) in [5, 5.41) is 0. The molecule has 2 bridgehead atoms. The number of carbonyl (C=O) groups excluding carboxylic acids is 3. The molecule has 1 aliphatic heterocycles. The highest BCUT2D eigenvalue weighted by Crippen LogP contribution is 2.52. The van der Waals surface area contributed by atoms with Gasteiger partial charge >= 0.3 is 0 Å². The van der Waals surface area contributed by atoms with Gasteiger partial charge in [0.1, 0.15) is 6.54 Å². The Kier molecular flexibility index (Phi) is 4.54. The van der Waals surface area contributed by atoms with Gasteiger partial charge in [-0.25, -0.2) is 0 Å². The highest BCUT2D eigenvalue weighted by Gasteiger charge is 2.59. The van der Waals surface area contributed by atoms with Gasteiger partial charge in [0.25, 0.3) is 0 Å². The molecule has 23 heavy (non-hydrogen) atoms. The van der Waals surface area contributed by atoms with Crippen LogP contribution in [-0.4, -0.2) is 59.2 Å². The number of carbonyl (C=O) groups is 3. The van der Waals surface area contributed by atoms with E-state index in [-0.39, 0.29) is 54.0 Å². The molecule has 2 aliphatic carbocycles. The summed E-state index contributed by atoms with van der Waals surface area (Å²) in [5.74, 6) is 0.499. The van der Waals surface area contributed by atoms with Gasteiger partial charge in [0.05, 0.1) is 11.8 Å². The molecule has 0 aromatic carbocycles. The van der Waals surface area contributed by atoms with Crippen LogP contribution in [0.15, 0.2) is 12.2 Å². The fourth-order valence-corrected chi connectivity index (χ4v) is 4.67. The zero-order chi connectivity index (χ0) is 16.7. The second kappa shape index (κ2) is 6.30. The molecule has 5 nitrogen and oxygen atoms in total. The number of allylic oxidation sites excluding steroid dienone is 2. The third-order valence-electron chi connectivity index (χ3n) is 5.65. The maximum atomic E-state index is 12.6. The van der Waals surface area contributed by atoms with Crippen molar-refractivity contribution in [1.82, 2.24) is 9.80 Å². The Balaban J connectivity index is 1.64. The molecule has 1 saturated carbocycles. The molecule has 3 aliphatic rings.